The molecule has 4 aromatic rings. The molecule has 1 aliphatic heterocycles. The first kappa shape index (κ1) is 20.2. The molecule has 3 heterocycles. The van der Waals surface area contributed by atoms with E-state index < -0.39 is 0 Å². The number of carbonyl (C=O) groups excluding carboxylic acids is 1. The topological polar surface area (TPSA) is 77.6 Å². The minimum atomic E-state index is -0.172. The average Bonchev–Trinajstić information content (AvgIpc) is 3.54. The van der Waals surface area contributed by atoms with Gasteiger partial charge in [0.1, 0.15) is 11.5 Å². The van der Waals surface area contributed by atoms with Crippen LogP contribution < -0.4 is 5.32 Å². The van der Waals surface area contributed by atoms with Crippen LogP contribution in [0.1, 0.15) is 46.5 Å². The van der Waals surface area contributed by atoms with Gasteiger partial charge in [0.2, 0.25) is 0 Å². The summed E-state index contributed by atoms with van der Waals surface area (Å²) in [5.74, 6) is 1.62. The van der Waals surface area contributed by atoms with Gasteiger partial charge < -0.3 is 9.88 Å². The summed E-state index contributed by atoms with van der Waals surface area (Å²) in [6, 6.07) is 16.3. The zero-order valence-corrected chi connectivity index (χ0v) is 18.4. The number of aryl methyl sites for hydroxylation is 3. The Morgan fingerprint density at radius 1 is 1.09 bits per heavy atom. The Morgan fingerprint density at radius 3 is 2.69 bits per heavy atom. The predicted molar refractivity (Wildman–Crippen MR) is 123 cm³/mol. The Labute approximate surface area is 187 Å². The van der Waals surface area contributed by atoms with E-state index in [9.17, 15) is 4.79 Å². The molecule has 1 N–H and O–H groups in total. The molecule has 0 saturated heterocycles. The van der Waals surface area contributed by atoms with E-state index in [0.717, 1.165) is 54.3 Å². The van der Waals surface area contributed by atoms with Crippen molar-refractivity contribution in [3.63, 3.8) is 0 Å². The molecule has 0 atom stereocenters. The summed E-state index contributed by atoms with van der Waals surface area (Å²) in [6.45, 7) is 5.42. The largest absolute Gasteiger partial charge is 0.345 e. The van der Waals surface area contributed by atoms with Crippen molar-refractivity contribution in [2.24, 2.45) is 0 Å². The maximum atomic E-state index is 13.3. The monoisotopic (exact) mass is 426 g/mol. The van der Waals surface area contributed by atoms with Crippen LogP contribution in [-0.2, 0) is 25.9 Å². The normalized spacial score (nSPS) is 12.7. The van der Waals surface area contributed by atoms with Crippen molar-refractivity contribution in [2.45, 2.75) is 46.2 Å². The second-order valence-corrected chi connectivity index (χ2v) is 8.14. The number of rotatable bonds is 6. The van der Waals surface area contributed by atoms with Crippen molar-refractivity contribution in [2.75, 3.05) is 0 Å². The first-order valence-electron chi connectivity index (χ1n) is 11.1. The fraction of sp³-hybridized carbons (Fsp3) is 0.280. The molecule has 1 amide bonds. The van der Waals surface area contributed by atoms with Crippen LogP contribution in [0.2, 0.25) is 0 Å². The van der Waals surface area contributed by atoms with Crippen LogP contribution in [0.25, 0.3) is 16.9 Å². The van der Waals surface area contributed by atoms with Gasteiger partial charge in [0, 0.05) is 24.7 Å². The Bertz CT molecular complexity index is 1270. The average molecular weight is 427 g/mol. The van der Waals surface area contributed by atoms with Crippen LogP contribution in [0.4, 0.5) is 0 Å². The number of carbonyl (C=O) groups is 1. The molecule has 0 aliphatic carbocycles. The summed E-state index contributed by atoms with van der Waals surface area (Å²) in [6.07, 6.45) is 4.80. The van der Waals surface area contributed by atoms with Crippen molar-refractivity contribution in [1.29, 1.82) is 0 Å². The summed E-state index contributed by atoms with van der Waals surface area (Å²) in [4.78, 5) is 13.3. The summed E-state index contributed by atoms with van der Waals surface area (Å²) in [5.41, 5.74) is 5.42. The van der Waals surface area contributed by atoms with Crippen molar-refractivity contribution in [3.8, 4) is 16.9 Å². The molecule has 0 bridgehead atoms. The number of para-hydroxylation sites is 1. The van der Waals surface area contributed by atoms with Gasteiger partial charge in [0.25, 0.3) is 5.91 Å². The molecule has 7 heteroatoms. The Hall–Kier alpha value is -3.74. The molecule has 32 heavy (non-hydrogen) atoms. The quantitative estimate of drug-likeness (QED) is 0.508. The zero-order chi connectivity index (χ0) is 22.1. The standard InChI is InChI=1S/C25H26N6O/c1-3-18-10-12-19(13-11-18)24-20(16-31(29-24)21-8-5-4-7-17(21)2)25(32)26-15-23-28-27-22-9-6-14-30(22)23/h4-5,7-8,10-13,16H,3,6,9,14-15H2,1-2H3,(H,26,32). The zero-order valence-electron chi connectivity index (χ0n) is 18.4. The Morgan fingerprint density at radius 2 is 1.91 bits per heavy atom. The van der Waals surface area contributed by atoms with Crippen LogP contribution in [0, 0.1) is 6.92 Å². The van der Waals surface area contributed by atoms with Crippen LogP contribution in [0.3, 0.4) is 0 Å². The van der Waals surface area contributed by atoms with Gasteiger partial charge in [0.05, 0.1) is 17.8 Å². The lowest BCUT2D eigenvalue weighted by Gasteiger charge is -2.06. The molecular weight excluding hydrogens is 400 g/mol. The van der Waals surface area contributed by atoms with Crippen LogP contribution >= 0.6 is 0 Å². The van der Waals surface area contributed by atoms with Gasteiger partial charge in [-0.25, -0.2) is 4.68 Å². The number of nitrogens with zero attached hydrogens (tertiary/aromatic N) is 5. The third-order valence-corrected chi connectivity index (χ3v) is 6.05. The highest BCUT2D eigenvalue weighted by molar-refractivity contribution is 5.99. The van der Waals surface area contributed by atoms with Gasteiger partial charge >= 0.3 is 0 Å². The van der Waals surface area contributed by atoms with Gasteiger partial charge in [-0.1, -0.05) is 49.4 Å². The number of nitrogens with one attached hydrogen (secondary N) is 1. The molecule has 0 radical (unpaired) electrons. The molecule has 0 saturated carbocycles. The van der Waals surface area contributed by atoms with Crippen molar-refractivity contribution >= 4 is 5.91 Å². The fourth-order valence-corrected chi connectivity index (χ4v) is 4.19. The summed E-state index contributed by atoms with van der Waals surface area (Å²) in [5, 5.41) is 16.3. The first-order chi connectivity index (χ1) is 15.6. The van der Waals surface area contributed by atoms with Crippen LogP contribution in [0.15, 0.2) is 54.7 Å². The van der Waals surface area contributed by atoms with E-state index in [1.165, 1.54) is 5.56 Å². The number of amides is 1. The minimum absolute atomic E-state index is 0.172. The fourth-order valence-electron chi connectivity index (χ4n) is 4.19. The number of hydrogen-bond acceptors (Lipinski definition) is 4. The highest BCUT2D eigenvalue weighted by Crippen LogP contribution is 2.25. The molecule has 2 aromatic heterocycles. The maximum absolute atomic E-state index is 13.3. The molecule has 1 aliphatic rings. The number of hydrogen-bond donors (Lipinski definition) is 1. The van der Waals surface area contributed by atoms with Gasteiger partial charge in [-0.05, 0) is 37.0 Å². The Kier molecular flexibility index (Phi) is 5.31. The van der Waals surface area contributed by atoms with E-state index in [2.05, 4.69) is 39.1 Å². The second kappa shape index (κ2) is 8.42. The highest BCUT2D eigenvalue weighted by atomic mass is 16.1. The molecular formula is C25H26N6O. The van der Waals surface area contributed by atoms with E-state index in [-0.39, 0.29) is 5.91 Å². The first-order valence-corrected chi connectivity index (χ1v) is 11.1. The summed E-state index contributed by atoms with van der Waals surface area (Å²) < 4.78 is 3.89. The molecule has 2 aromatic carbocycles. The van der Waals surface area contributed by atoms with Crippen molar-refractivity contribution in [3.05, 3.63) is 83.1 Å². The molecule has 0 fully saturated rings. The maximum Gasteiger partial charge on any atom is 0.255 e. The van der Waals surface area contributed by atoms with E-state index >= 15 is 0 Å². The highest BCUT2D eigenvalue weighted by Gasteiger charge is 2.21. The molecule has 162 valence electrons. The van der Waals surface area contributed by atoms with Gasteiger partial charge in [-0.3, -0.25) is 4.79 Å². The minimum Gasteiger partial charge on any atom is -0.345 e. The van der Waals surface area contributed by atoms with Gasteiger partial charge in [-0.2, -0.15) is 5.10 Å². The molecule has 7 nitrogen and oxygen atoms in total. The summed E-state index contributed by atoms with van der Waals surface area (Å²) in [7, 11) is 0. The number of benzene rings is 2. The van der Waals surface area contributed by atoms with Crippen molar-refractivity contribution < 1.29 is 4.79 Å². The summed E-state index contributed by atoms with van der Waals surface area (Å²) >= 11 is 0. The number of fused-ring (bicyclic) bond motifs is 1. The SMILES string of the molecule is CCc1ccc(-c2nn(-c3ccccc3C)cc2C(=O)NCc2nnc3n2CCC3)cc1. The smallest absolute Gasteiger partial charge is 0.255 e. The second-order valence-electron chi connectivity index (χ2n) is 8.14. The lowest BCUT2D eigenvalue weighted by atomic mass is 10.0. The van der Waals surface area contributed by atoms with E-state index in [1.807, 2.05) is 49.5 Å². The van der Waals surface area contributed by atoms with Crippen LogP contribution in [0.5, 0.6) is 0 Å². The predicted octanol–water partition coefficient (Wildman–Crippen LogP) is 3.88. The van der Waals surface area contributed by atoms with Crippen molar-refractivity contribution in [1.82, 2.24) is 29.9 Å². The van der Waals surface area contributed by atoms with Gasteiger partial charge in [-0.15, -0.1) is 10.2 Å². The van der Waals surface area contributed by atoms with E-state index in [0.29, 0.717) is 17.8 Å². The van der Waals surface area contributed by atoms with Crippen LogP contribution in [-0.4, -0.2) is 30.5 Å². The third-order valence-electron chi connectivity index (χ3n) is 6.05. The van der Waals surface area contributed by atoms with Gasteiger partial charge in [0.15, 0.2) is 5.82 Å². The Balaban J connectivity index is 1.48. The van der Waals surface area contributed by atoms with E-state index in [1.54, 1.807) is 4.68 Å². The third kappa shape index (κ3) is 3.70. The lowest BCUT2D eigenvalue weighted by molar-refractivity contribution is 0.0950. The lowest BCUT2D eigenvalue weighted by Crippen LogP contribution is -2.25. The number of aromatic nitrogens is 5. The molecule has 5 rings (SSSR count). The van der Waals surface area contributed by atoms with E-state index in [4.69, 9.17) is 5.10 Å². The molecule has 0 spiro atoms. The molecule has 0 unspecified atom stereocenters.